The summed E-state index contributed by atoms with van der Waals surface area (Å²) in [6, 6.07) is 6.41. The van der Waals surface area contributed by atoms with Crippen LogP contribution in [0.5, 0.6) is 0 Å². The summed E-state index contributed by atoms with van der Waals surface area (Å²) < 4.78 is 37.2. The lowest BCUT2D eigenvalue weighted by Gasteiger charge is -2.14. The largest absolute Gasteiger partial charge is 0.450 e. The number of carbonyl (C=O) groups excluding carboxylic acids is 2. The summed E-state index contributed by atoms with van der Waals surface area (Å²) in [6.07, 6.45) is -5.76. The van der Waals surface area contributed by atoms with E-state index in [4.69, 9.17) is 0 Å². The van der Waals surface area contributed by atoms with Gasteiger partial charge in [-0.15, -0.1) is 22.7 Å². The molecule has 2 rings (SSSR count). The Morgan fingerprint density at radius 2 is 1.75 bits per heavy atom. The Labute approximate surface area is 120 Å². The van der Waals surface area contributed by atoms with Crippen molar-refractivity contribution in [2.24, 2.45) is 0 Å². The number of carbonyl (C=O) groups is 2. The summed E-state index contributed by atoms with van der Waals surface area (Å²) in [7, 11) is 0. The van der Waals surface area contributed by atoms with Crippen LogP contribution < -0.4 is 0 Å². The predicted octanol–water partition coefficient (Wildman–Crippen LogP) is 4.30. The molecule has 0 radical (unpaired) electrons. The molecule has 0 spiro atoms. The first-order valence-corrected chi connectivity index (χ1v) is 7.36. The summed E-state index contributed by atoms with van der Waals surface area (Å²) >= 11 is 2.33. The smallest absolute Gasteiger partial charge is 0.293 e. The number of hydrogen-bond acceptors (Lipinski definition) is 4. The Hall–Kier alpha value is -1.47. The van der Waals surface area contributed by atoms with Crippen LogP contribution in [0.15, 0.2) is 35.0 Å². The van der Waals surface area contributed by atoms with Gasteiger partial charge in [0, 0.05) is 11.3 Å². The Bertz CT molecular complexity index is 586. The van der Waals surface area contributed by atoms with Gasteiger partial charge in [-0.1, -0.05) is 12.1 Å². The second-order valence-electron chi connectivity index (χ2n) is 4.03. The van der Waals surface area contributed by atoms with Crippen LogP contribution >= 0.6 is 22.7 Å². The van der Waals surface area contributed by atoms with Crippen molar-refractivity contribution in [3.05, 3.63) is 44.8 Å². The van der Waals surface area contributed by atoms with Gasteiger partial charge in [-0.05, 0) is 22.9 Å². The van der Waals surface area contributed by atoms with E-state index in [9.17, 15) is 22.8 Å². The van der Waals surface area contributed by atoms with E-state index in [0.717, 1.165) is 11.3 Å². The van der Waals surface area contributed by atoms with Crippen LogP contribution in [0.3, 0.4) is 0 Å². The second kappa shape index (κ2) is 5.88. The van der Waals surface area contributed by atoms with Gasteiger partial charge in [0.05, 0.1) is 10.8 Å². The summed E-state index contributed by atoms with van der Waals surface area (Å²) in [4.78, 5) is 24.3. The van der Waals surface area contributed by atoms with Crippen molar-refractivity contribution in [2.75, 3.05) is 0 Å². The van der Waals surface area contributed by atoms with Gasteiger partial charge in [0.1, 0.15) is 0 Å². The van der Waals surface area contributed by atoms with E-state index in [2.05, 4.69) is 0 Å². The number of Topliss-reactive ketones (excluding diaryl/α,β-unsaturated/α-hetero) is 2. The van der Waals surface area contributed by atoms with E-state index in [1.165, 1.54) is 11.3 Å². The fraction of sp³-hybridized carbons (Fsp3) is 0.231. The molecule has 20 heavy (non-hydrogen) atoms. The molecule has 7 heteroatoms. The van der Waals surface area contributed by atoms with Gasteiger partial charge in [-0.25, -0.2) is 0 Å². The molecule has 0 saturated carbocycles. The van der Waals surface area contributed by atoms with Crippen LogP contribution in [0.25, 0.3) is 0 Å². The van der Waals surface area contributed by atoms with Gasteiger partial charge in [0.2, 0.25) is 5.78 Å². The molecule has 0 fully saturated rings. The van der Waals surface area contributed by atoms with Crippen LogP contribution in [-0.2, 0) is 4.79 Å². The lowest BCUT2D eigenvalue weighted by atomic mass is 9.94. The van der Waals surface area contributed by atoms with Crippen molar-refractivity contribution in [3.8, 4) is 0 Å². The Kier molecular flexibility index (Phi) is 4.39. The standard InChI is InChI=1S/C13H9F3O2S2/c14-13(15,16)11(17)7-8(9-3-1-5-19-9)12(18)10-4-2-6-20-10/h1-6,8H,7H2. The van der Waals surface area contributed by atoms with Gasteiger partial charge in [0.25, 0.3) is 0 Å². The molecule has 106 valence electrons. The molecule has 2 nitrogen and oxygen atoms in total. The van der Waals surface area contributed by atoms with Crippen LogP contribution in [0.4, 0.5) is 13.2 Å². The first-order chi connectivity index (χ1) is 9.39. The molecule has 1 atom stereocenters. The molecule has 0 aliphatic carbocycles. The molecule has 0 aromatic carbocycles. The molecule has 2 aromatic rings. The maximum atomic E-state index is 12.4. The quantitative estimate of drug-likeness (QED) is 0.770. The van der Waals surface area contributed by atoms with Crippen LogP contribution in [-0.4, -0.2) is 17.7 Å². The third-order valence-electron chi connectivity index (χ3n) is 2.67. The first-order valence-electron chi connectivity index (χ1n) is 5.60. The molecule has 0 amide bonds. The normalized spacial score (nSPS) is 13.2. The fourth-order valence-corrected chi connectivity index (χ4v) is 3.25. The monoisotopic (exact) mass is 318 g/mol. The SMILES string of the molecule is O=C(c1cccs1)C(CC(=O)C(F)(F)F)c1cccs1. The zero-order valence-electron chi connectivity index (χ0n) is 10.0. The Morgan fingerprint density at radius 1 is 1.10 bits per heavy atom. The fourth-order valence-electron chi connectivity index (χ4n) is 1.70. The molecule has 2 heterocycles. The minimum Gasteiger partial charge on any atom is -0.293 e. The van der Waals surface area contributed by atoms with Crippen LogP contribution in [0.1, 0.15) is 26.9 Å². The zero-order valence-corrected chi connectivity index (χ0v) is 11.6. The van der Waals surface area contributed by atoms with Gasteiger partial charge < -0.3 is 0 Å². The molecule has 0 bridgehead atoms. The Balaban J connectivity index is 2.27. The highest BCUT2D eigenvalue weighted by molar-refractivity contribution is 7.12. The molecular weight excluding hydrogens is 309 g/mol. The molecular formula is C13H9F3O2S2. The lowest BCUT2D eigenvalue weighted by molar-refractivity contribution is -0.171. The first kappa shape index (κ1) is 14.9. The van der Waals surface area contributed by atoms with E-state index in [-0.39, 0.29) is 0 Å². The minimum atomic E-state index is -4.91. The van der Waals surface area contributed by atoms with Crippen LogP contribution in [0.2, 0.25) is 0 Å². The highest BCUT2D eigenvalue weighted by Crippen LogP contribution is 2.32. The van der Waals surface area contributed by atoms with E-state index in [1.807, 2.05) is 0 Å². The van der Waals surface area contributed by atoms with Crippen molar-refractivity contribution < 1.29 is 22.8 Å². The number of ketones is 2. The van der Waals surface area contributed by atoms with E-state index in [1.54, 1.807) is 35.0 Å². The Morgan fingerprint density at radius 3 is 2.25 bits per heavy atom. The molecule has 0 aliphatic rings. The third-order valence-corrected chi connectivity index (χ3v) is 4.54. The topological polar surface area (TPSA) is 34.1 Å². The predicted molar refractivity (Wildman–Crippen MR) is 71.4 cm³/mol. The summed E-state index contributed by atoms with van der Waals surface area (Å²) in [5.74, 6) is -3.39. The average molecular weight is 318 g/mol. The third kappa shape index (κ3) is 3.34. The highest BCUT2D eigenvalue weighted by atomic mass is 32.1. The van der Waals surface area contributed by atoms with Crippen molar-refractivity contribution in [1.82, 2.24) is 0 Å². The second-order valence-corrected chi connectivity index (χ2v) is 5.96. The van der Waals surface area contributed by atoms with Crippen molar-refractivity contribution in [2.45, 2.75) is 18.5 Å². The van der Waals surface area contributed by atoms with E-state index >= 15 is 0 Å². The zero-order chi connectivity index (χ0) is 14.8. The summed E-state index contributed by atoms with van der Waals surface area (Å²) in [5, 5.41) is 3.34. The molecule has 0 N–H and O–H groups in total. The number of thiophene rings is 2. The van der Waals surface area contributed by atoms with Gasteiger partial charge in [-0.2, -0.15) is 13.2 Å². The molecule has 0 aliphatic heterocycles. The minimum absolute atomic E-state index is 0.360. The van der Waals surface area contributed by atoms with Gasteiger partial charge in [0.15, 0.2) is 5.78 Å². The van der Waals surface area contributed by atoms with Gasteiger partial charge in [-0.3, -0.25) is 9.59 Å². The maximum Gasteiger partial charge on any atom is 0.450 e. The molecule has 2 aromatic heterocycles. The maximum absolute atomic E-state index is 12.4. The van der Waals surface area contributed by atoms with Crippen LogP contribution in [0, 0.1) is 0 Å². The number of hydrogen-bond donors (Lipinski definition) is 0. The number of alkyl halides is 3. The van der Waals surface area contributed by atoms with Crippen molar-refractivity contribution in [3.63, 3.8) is 0 Å². The van der Waals surface area contributed by atoms with Gasteiger partial charge >= 0.3 is 6.18 Å². The lowest BCUT2D eigenvalue weighted by Crippen LogP contribution is -2.26. The number of rotatable bonds is 5. The van der Waals surface area contributed by atoms with E-state index < -0.39 is 30.1 Å². The molecule has 0 saturated heterocycles. The van der Waals surface area contributed by atoms with Crippen molar-refractivity contribution in [1.29, 1.82) is 0 Å². The average Bonchev–Trinajstić information content (AvgIpc) is 3.05. The number of halogens is 3. The summed E-state index contributed by atoms with van der Waals surface area (Å²) in [6.45, 7) is 0. The highest BCUT2D eigenvalue weighted by Gasteiger charge is 2.41. The summed E-state index contributed by atoms with van der Waals surface area (Å²) in [5.41, 5.74) is 0. The molecule has 1 unspecified atom stereocenters. The van der Waals surface area contributed by atoms with E-state index in [0.29, 0.717) is 9.75 Å². The van der Waals surface area contributed by atoms with Crippen molar-refractivity contribution >= 4 is 34.2 Å².